The predicted molar refractivity (Wildman–Crippen MR) is 75.1 cm³/mol. The first-order chi connectivity index (χ1) is 9.52. The number of benzene rings is 1. The zero-order chi connectivity index (χ0) is 14.7. The van der Waals surface area contributed by atoms with E-state index in [1.54, 1.807) is 6.07 Å². The molecule has 1 heterocycles. The molecular formula is C12H14N4O3S. The van der Waals surface area contributed by atoms with Crippen LogP contribution in [0.2, 0.25) is 0 Å². The summed E-state index contributed by atoms with van der Waals surface area (Å²) in [6, 6.07) is 4.69. The Hall–Kier alpha value is -2.22. The van der Waals surface area contributed by atoms with Gasteiger partial charge in [-0.2, -0.15) is 0 Å². The Bertz CT molecular complexity index is 692. The summed E-state index contributed by atoms with van der Waals surface area (Å²) in [6.45, 7) is 2.51. The molecule has 0 amide bonds. The van der Waals surface area contributed by atoms with Gasteiger partial charge in [-0.1, -0.05) is 6.92 Å². The molecule has 0 aliphatic heterocycles. The number of nitrogen functional groups attached to an aromatic ring is 1. The number of rotatable bonds is 5. The van der Waals surface area contributed by atoms with Crippen LogP contribution in [0.25, 0.3) is 0 Å². The van der Waals surface area contributed by atoms with Gasteiger partial charge in [0.05, 0.1) is 5.56 Å². The van der Waals surface area contributed by atoms with Gasteiger partial charge in [0.15, 0.2) is 5.16 Å². The molecule has 2 aromatic rings. The lowest BCUT2D eigenvalue weighted by molar-refractivity contribution is 0.0698. The molecule has 0 bridgehead atoms. The second-order valence-electron chi connectivity index (χ2n) is 4.12. The first kappa shape index (κ1) is 14.2. The molecule has 0 saturated carbocycles. The van der Waals surface area contributed by atoms with Crippen molar-refractivity contribution in [3.8, 4) is 0 Å². The van der Waals surface area contributed by atoms with Crippen LogP contribution in [-0.4, -0.2) is 25.8 Å². The molecule has 1 aromatic carbocycles. The number of carboxylic acids is 1. The van der Waals surface area contributed by atoms with Crippen LogP contribution in [0.1, 0.15) is 23.7 Å². The van der Waals surface area contributed by atoms with Gasteiger partial charge in [-0.05, 0) is 36.4 Å². The van der Waals surface area contributed by atoms with Crippen molar-refractivity contribution in [2.45, 2.75) is 29.9 Å². The number of nitrogens with two attached hydrogens (primary N) is 1. The molecule has 0 fully saturated rings. The molecule has 0 aliphatic carbocycles. The molecule has 4 N–H and O–H groups in total. The third-order valence-electron chi connectivity index (χ3n) is 2.63. The van der Waals surface area contributed by atoms with E-state index in [2.05, 4.69) is 10.2 Å². The maximum Gasteiger partial charge on any atom is 0.343 e. The minimum atomic E-state index is -1.09. The smallest absolute Gasteiger partial charge is 0.343 e. The van der Waals surface area contributed by atoms with Gasteiger partial charge < -0.3 is 10.8 Å². The number of aromatic carboxylic acids is 1. The fraction of sp³-hybridized carbons (Fsp3) is 0.250. The molecule has 0 unspecified atom stereocenters. The van der Waals surface area contributed by atoms with Gasteiger partial charge in [-0.25, -0.2) is 14.7 Å². The Morgan fingerprint density at radius 3 is 2.95 bits per heavy atom. The van der Waals surface area contributed by atoms with Crippen molar-refractivity contribution in [2.24, 2.45) is 0 Å². The Kier molecular flexibility index (Phi) is 4.14. The molecule has 106 valence electrons. The molecule has 0 saturated heterocycles. The lowest BCUT2D eigenvalue weighted by Gasteiger charge is -2.06. The molecule has 1 aromatic heterocycles. The molecule has 0 atom stereocenters. The maximum atomic E-state index is 11.6. The van der Waals surface area contributed by atoms with Crippen LogP contribution >= 0.6 is 11.8 Å². The highest BCUT2D eigenvalue weighted by Crippen LogP contribution is 2.28. The molecule has 8 heteroatoms. The number of aromatic nitrogens is 3. The second-order valence-corrected chi connectivity index (χ2v) is 5.16. The van der Waals surface area contributed by atoms with Crippen molar-refractivity contribution < 1.29 is 9.90 Å². The highest BCUT2D eigenvalue weighted by atomic mass is 32.2. The minimum Gasteiger partial charge on any atom is -0.478 e. The van der Waals surface area contributed by atoms with Crippen molar-refractivity contribution in [2.75, 3.05) is 5.73 Å². The topological polar surface area (TPSA) is 114 Å². The van der Waals surface area contributed by atoms with E-state index in [0.717, 1.165) is 6.42 Å². The van der Waals surface area contributed by atoms with Gasteiger partial charge in [0.2, 0.25) is 0 Å². The Labute approximate surface area is 118 Å². The summed E-state index contributed by atoms with van der Waals surface area (Å²) >= 11 is 1.22. The lowest BCUT2D eigenvalue weighted by Crippen LogP contribution is -2.17. The second kappa shape index (κ2) is 5.83. The average Bonchev–Trinajstić information content (AvgIpc) is 2.74. The van der Waals surface area contributed by atoms with Gasteiger partial charge in [-0.15, -0.1) is 5.10 Å². The molecular weight excluding hydrogens is 280 g/mol. The van der Waals surface area contributed by atoms with Gasteiger partial charge in [0.1, 0.15) is 0 Å². The third kappa shape index (κ3) is 2.85. The van der Waals surface area contributed by atoms with Crippen LogP contribution in [0, 0.1) is 0 Å². The van der Waals surface area contributed by atoms with E-state index in [1.807, 2.05) is 6.92 Å². The Balaban J connectivity index is 2.33. The molecule has 20 heavy (non-hydrogen) atoms. The van der Waals surface area contributed by atoms with E-state index in [9.17, 15) is 9.59 Å². The van der Waals surface area contributed by atoms with E-state index in [4.69, 9.17) is 10.8 Å². The van der Waals surface area contributed by atoms with Crippen molar-refractivity contribution in [1.82, 2.24) is 14.8 Å². The van der Waals surface area contributed by atoms with E-state index < -0.39 is 5.97 Å². The fourth-order valence-electron chi connectivity index (χ4n) is 1.69. The summed E-state index contributed by atoms with van der Waals surface area (Å²) in [4.78, 5) is 23.3. The summed E-state index contributed by atoms with van der Waals surface area (Å²) in [5, 5.41) is 15.9. The third-order valence-corrected chi connectivity index (χ3v) is 3.62. The Morgan fingerprint density at radius 2 is 2.30 bits per heavy atom. The quantitative estimate of drug-likeness (QED) is 0.718. The molecule has 0 radical (unpaired) electrons. The minimum absolute atomic E-state index is 0.0370. The average molecular weight is 294 g/mol. The van der Waals surface area contributed by atoms with Gasteiger partial charge in [-0.3, -0.25) is 4.57 Å². The van der Waals surface area contributed by atoms with Crippen LogP contribution in [-0.2, 0) is 6.54 Å². The standard InChI is InChI=1S/C12H14N4O3S/c1-2-5-16-11(19)14-15-12(16)20-7-3-4-9(13)8(6-7)10(17)18/h3-4,6H,2,5,13H2,1H3,(H,14,19)(H,17,18). The van der Waals surface area contributed by atoms with Gasteiger partial charge in [0.25, 0.3) is 0 Å². The first-order valence-electron chi connectivity index (χ1n) is 5.98. The highest BCUT2D eigenvalue weighted by molar-refractivity contribution is 7.99. The number of nitrogens with one attached hydrogen (secondary N) is 1. The summed E-state index contributed by atoms with van der Waals surface area (Å²) in [7, 11) is 0. The number of hydrogen-bond donors (Lipinski definition) is 3. The Morgan fingerprint density at radius 1 is 1.55 bits per heavy atom. The van der Waals surface area contributed by atoms with Crippen LogP contribution in [0.15, 0.2) is 33.0 Å². The molecule has 0 spiro atoms. The zero-order valence-electron chi connectivity index (χ0n) is 10.8. The number of aromatic amines is 1. The molecule has 2 rings (SSSR count). The summed E-state index contributed by atoms with van der Waals surface area (Å²) in [5.41, 5.74) is 5.56. The number of nitrogens with zero attached hydrogens (tertiary/aromatic N) is 2. The largest absolute Gasteiger partial charge is 0.478 e. The van der Waals surface area contributed by atoms with Crippen LogP contribution in [0.4, 0.5) is 5.69 Å². The number of H-pyrrole nitrogens is 1. The fourth-order valence-corrected chi connectivity index (χ4v) is 2.59. The van der Waals surface area contributed by atoms with Crippen molar-refractivity contribution in [1.29, 1.82) is 0 Å². The van der Waals surface area contributed by atoms with Crippen LogP contribution in [0.3, 0.4) is 0 Å². The predicted octanol–water partition coefficient (Wildman–Crippen LogP) is 1.41. The van der Waals surface area contributed by atoms with Crippen LogP contribution < -0.4 is 11.4 Å². The molecule has 7 nitrogen and oxygen atoms in total. The first-order valence-corrected chi connectivity index (χ1v) is 6.80. The molecule has 0 aliphatic rings. The summed E-state index contributed by atoms with van der Waals surface area (Å²) in [5.74, 6) is -1.09. The monoisotopic (exact) mass is 294 g/mol. The number of carboxylic acid groups (broad SMARTS) is 1. The van der Waals surface area contributed by atoms with E-state index in [0.29, 0.717) is 16.6 Å². The van der Waals surface area contributed by atoms with Crippen molar-refractivity contribution in [3.63, 3.8) is 0 Å². The lowest BCUT2D eigenvalue weighted by atomic mass is 10.2. The highest BCUT2D eigenvalue weighted by Gasteiger charge is 2.13. The van der Waals surface area contributed by atoms with E-state index >= 15 is 0 Å². The van der Waals surface area contributed by atoms with E-state index in [1.165, 1.54) is 28.5 Å². The summed E-state index contributed by atoms with van der Waals surface area (Å²) < 4.78 is 1.52. The number of hydrogen-bond acceptors (Lipinski definition) is 5. The van der Waals surface area contributed by atoms with Crippen LogP contribution in [0.5, 0.6) is 0 Å². The summed E-state index contributed by atoms with van der Waals surface area (Å²) in [6.07, 6.45) is 0.801. The number of anilines is 1. The number of carbonyl (C=O) groups is 1. The van der Waals surface area contributed by atoms with Crippen molar-refractivity contribution in [3.05, 3.63) is 34.2 Å². The van der Waals surface area contributed by atoms with Gasteiger partial charge in [0, 0.05) is 17.1 Å². The van der Waals surface area contributed by atoms with E-state index in [-0.39, 0.29) is 16.9 Å². The van der Waals surface area contributed by atoms with Gasteiger partial charge >= 0.3 is 11.7 Å². The maximum absolute atomic E-state index is 11.6. The van der Waals surface area contributed by atoms with Crippen molar-refractivity contribution >= 4 is 23.4 Å². The normalized spacial score (nSPS) is 10.7. The SMILES string of the molecule is CCCn1c(Sc2ccc(N)c(C(=O)O)c2)n[nH]c1=O. The zero-order valence-corrected chi connectivity index (χ0v) is 11.6.